The highest BCUT2D eigenvalue weighted by Gasteiger charge is 2.15. The Morgan fingerprint density at radius 2 is 2.05 bits per heavy atom. The maximum atomic E-state index is 12.6. The fraction of sp³-hybridized carbons (Fsp3) is 0.235. The van der Waals surface area contributed by atoms with E-state index in [-0.39, 0.29) is 11.8 Å². The monoisotopic (exact) mass is 294 g/mol. The van der Waals surface area contributed by atoms with Gasteiger partial charge < -0.3 is 5.32 Å². The summed E-state index contributed by atoms with van der Waals surface area (Å²) in [5.41, 5.74) is 3.07. The van der Waals surface area contributed by atoms with Crippen LogP contribution in [0.2, 0.25) is 0 Å². The number of para-hydroxylation sites is 1. The van der Waals surface area contributed by atoms with E-state index >= 15 is 0 Å². The van der Waals surface area contributed by atoms with Crippen LogP contribution < -0.4 is 5.32 Å². The Labute approximate surface area is 129 Å². The van der Waals surface area contributed by atoms with E-state index in [0.29, 0.717) is 11.3 Å². The summed E-state index contributed by atoms with van der Waals surface area (Å²) in [6.45, 7) is 4.14. The van der Waals surface area contributed by atoms with Crippen molar-refractivity contribution in [2.75, 3.05) is 5.32 Å². The van der Waals surface area contributed by atoms with Crippen LogP contribution in [-0.4, -0.2) is 20.7 Å². The lowest BCUT2D eigenvalue weighted by molar-refractivity contribution is 0.102. The van der Waals surface area contributed by atoms with Crippen LogP contribution in [0.15, 0.2) is 42.7 Å². The molecule has 0 bridgehead atoms. The maximum absolute atomic E-state index is 12.6. The van der Waals surface area contributed by atoms with Crippen LogP contribution in [0.5, 0.6) is 0 Å². The van der Waals surface area contributed by atoms with Gasteiger partial charge in [-0.2, -0.15) is 5.10 Å². The van der Waals surface area contributed by atoms with E-state index < -0.39 is 0 Å². The number of rotatable bonds is 3. The van der Waals surface area contributed by atoms with Gasteiger partial charge in [-0.05, 0) is 18.1 Å². The summed E-state index contributed by atoms with van der Waals surface area (Å²) in [5.74, 6) is 0.114. The van der Waals surface area contributed by atoms with E-state index in [2.05, 4.69) is 29.2 Å². The Balaban J connectivity index is 2.06. The third kappa shape index (κ3) is 2.70. The van der Waals surface area contributed by atoms with Crippen LogP contribution in [0.4, 0.5) is 5.69 Å². The zero-order valence-electron chi connectivity index (χ0n) is 12.9. The first-order valence-electron chi connectivity index (χ1n) is 7.24. The number of hydrogen-bond donors (Lipinski definition) is 1. The Morgan fingerprint density at radius 1 is 1.27 bits per heavy atom. The highest BCUT2D eigenvalue weighted by molar-refractivity contribution is 6.12. The molecule has 1 aromatic carbocycles. The maximum Gasteiger partial charge on any atom is 0.256 e. The summed E-state index contributed by atoms with van der Waals surface area (Å²) in [7, 11) is 1.81. The summed E-state index contributed by atoms with van der Waals surface area (Å²) < 4.78 is 1.65. The molecule has 1 amide bonds. The predicted molar refractivity (Wildman–Crippen MR) is 87.0 cm³/mol. The topological polar surface area (TPSA) is 59.8 Å². The van der Waals surface area contributed by atoms with Gasteiger partial charge in [0.25, 0.3) is 5.91 Å². The molecule has 0 radical (unpaired) electrons. The highest BCUT2D eigenvalue weighted by Crippen LogP contribution is 2.23. The van der Waals surface area contributed by atoms with Crippen molar-refractivity contribution in [2.24, 2.45) is 7.05 Å². The smallest absolute Gasteiger partial charge is 0.256 e. The van der Waals surface area contributed by atoms with Crippen LogP contribution >= 0.6 is 0 Å². The van der Waals surface area contributed by atoms with Crippen LogP contribution in [0.3, 0.4) is 0 Å². The van der Waals surface area contributed by atoms with Crippen LogP contribution in [-0.2, 0) is 7.05 Å². The van der Waals surface area contributed by atoms with Gasteiger partial charge in [-0.15, -0.1) is 0 Å². The number of anilines is 1. The number of pyridine rings is 1. The summed E-state index contributed by atoms with van der Waals surface area (Å²) in [6, 6.07) is 9.58. The van der Waals surface area contributed by atoms with Gasteiger partial charge in [0.05, 0.1) is 23.0 Å². The van der Waals surface area contributed by atoms with Crippen molar-refractivity contribution in [3.8, 4) is 0 Å². The lowest BCUT2D eigenvalue weighted by Gasteiger charge is -2.11. The molecular formula is C17H18N4O. The minimum atomic E-state index is -0.145. The minimum Gasteiger partial charge on any atom is -0.319 e. The Bertz CT molecular complexity index is 836. The molecule has 1 N–H and O–H groups in total. The fourth-order valence-corrected chi connectivity index (χ4v) is 2.36. The summed E-state index contributed by atoms with van der Waals surface area (Å²) in [6.07, 6.45) is 3.40. The van der Waals surface area contributed by atoms with Crippen molar-refractivity contribution in [1.29, 1.82) is 0 Å². The molecule has 0 unspecified atom stereocenters. The van der Waals surface area contributed by atoms with Crippen LogP contribution in [0.1, 0.15) is 35.8 Å². The van der Waals surface area contributed by atoms with Gasteiger partial charge in [-0.25, -0.2) is 0 Å². The van der Waals surface area contributed by atoms with Crippen molar-refractivity contribution in [3.63, 3.8) is 0 Å². The highest BCUT2D eigenvalue weighted by atomic mass is 16.1. The number of benzene rings is 1. The number of carbonyl (C=O) groups is 1. The zero-order chi connectivity index (χ0) is 15.7. The second-order valence-electron chi connectivity index (χ2n) is 5.62. The minimum absolute atomic E-state index is 0.145. The van der Waals surface area contributed by atoms with E-state index in [1.807, 2.05) is 37.4 Å². The van der Waals surface area contributed by atoms with Gasteiger partial charge in [-0.1, -0.05) is 32.0 Å². The molecule has 2 aromatic heterocycles. The average Bonchev–Trinajstić information content (AvgIpc) is 2.91. The quantitative estimate of drug-likeness (QED) is 0.806. The molecule has 0 fully saturated rings. The summed E-state index contributed by atoms with van der Waals surface area (Å²) >= 11 is 0. The first-order chi connectivity index (χ1) is 10.5. The van der Waals surface area contributed by atoms with Crippen molar-refractivity contribution < 1.29 is 4.79 Å². The summed E-state index contributed by atoms with van der Waals surface area (Å²) in [4.78, 5) is 17.3. The molecule has 2 heterocycles. The Kier molecular flexibility index (Phi) is 3.63. The first-order valence-corrected chi connectivity index (χ1v) is 7.24. The SMILES string of the molecule is CC(C)c1cc(C(=O)Nc2cnn(C)c2)c2ccccc2n1. The van der Waals surface area contributed by atoms with Gasteiger partial charge in [0.15, 0.2) is 0 Å². The Morgan fingerprint density at radius 3 is 2.73 bits per heavy atom. The van der Waals surface area contributed by atoms with Crippen molar-refractivity contribution in [1.82, 2.24) is 14.8 Å². The zero-order valence-corrected chi connectivity index (χ0v) is 12.9. The van der Waals surface area contributed by atoms with Gasteiger partial charge in [0.2, 0.25) is 0 Å². The average molecular weight is 294 g/mol. The third-order valence-corrected chi connectivity index (χ3v) is 3.53. The van der Waals surface area contributed by atoms with Gasteiger partial charge in [0, 0.05) is 24.3 Å². The van der Waals surface area contributed by atoms with Gasteiger partial charge >= 0.3 is 0 Å². The number of aryl methyl sites for hydroxylation is 1. The molecule has 112 valence electrons. The molecule has 3 rings (SSSR count). The molecule has 5 nitrogen and oxygen atoms in total. The second-order valence-corrected chi connectivity index (χ2v) is 5.62. The van der Waals surface area contributed by atoms with Crippen molar-refractivity contribution >= 4 is 22.5 Å². The molecule has 0 saturated carbocycles. The number of nitrogens with one attached hydrogen (secondary N) is 1. The first kappa shape index (κ1) is 14.3. The standard InChI is InChI=1S/C17H18N4O/c1-11(2)16-8-14(13-6-4-5-7-15(13)20-16)17(22)19-12-9-18-21(3)10-12/h4-11H,1-3H3,(H,19,22). The second kappa shape index (κ2) is 5.60. The van der Waals surface area contributed by atoms with E-state index in [4.69, 9.17) is 0 Å². The molecule has 0 spiro atoms. The third-order valence-electron chi connectivity index (χ3n) is 3.53. The largest absolute Gasteiger partial charge is 0.319 e. The number of amides is 1. The number of hydrogen-bond acceptors (Lipinski definition) is 3. The van der Waals surface area contributed by atoms with E-state index in [1.54, 1.807) is 17.1 Å². The number of carbonyl (C=O) groups excluding carboxylic acids is 1. The lowest BCUT2D eigenvalue weighted by atomic mass is 10.0. The van der Waals surface area contributed by atoms with Crippen LogP contribution in [0.25, 0.3) is 10.9 Å². The van der Waals surface area contributed by atoms with Crippen molar-refractivity contribution in [2.45, 2.75) is 19.8 Å². The molecule has 3 aromatic rings. The molecular weight excluding hydrogens is 276 g/mol. The van der Waals surface area contributed by atoms with Gasteiger partial charge in [0.1, 0.15) is 0 Å². The Hall–Kier alpha value is -2.69. The molecule has 0 saturated heterocycles. The molecule has 0 aliphatic heterocycles. The molecule has 22 heavy (non-hydrogen) atoms. The van der Waals surface area contributed by atoms with Crippen molar-refractivity contribution in [3.05, 3.63) is 54.0 Å². The molecule has 0 atom stereocenters. The van der Waals surface area contributed by atoms with E-state index in [1.165, 1.54) is 0 Å². The number of aromatic nitrogens is 3. The molecule has 0 aliphatic rings. The van der Waals surface area contributed by atoms with E-state index in [0.717, 1.165) is 16.6 Å². The normalized spacial score (nSPS) is 11.1. The number of nitrogens with zero attached hydrogens (tertiary/aromatic N) is 3. The van der Waals surface area contributed by atoms with Crippen LogP contribution in [0, 0.1) is 0 Å². The fourth-order valence-electron chi connectivity index (χ4n) is 2.36. The number of fused-ring (bicyclic) bond motifs is 1. The van der Waals surface area contributed by atoms with Gasteiger partial charge in [-0.3, -0.25) is 14.5 Å². The lowest BCUT2D eigenvalue weighted by Crippen LogP contribution is -2.13. The predicted octanol–water partition coefficient (Wildman–Crippen LogP) is 3.34. The molecule has 5 heteroatoms. The van der Waals surface area contributed by atoms with E-state index in [9.17, 15) is 4.79 Å². The summed E-state index contributed by atoms with van der Waals surface area (Å²) in [5, 5.41) is 7.80. The molecule has 0 aliphatic carbocycles.